The summed E-state index contributed by atoms with van der Waals surface area (Å²) in [5.41, 5.74) is 0.693. The molecule has 1 aliphatic rings. The molecular formula is C13H17ClN2O. The lowest BCUT2D eigenvalue weighted by atomic mass is 10.1. The number of hydrogen-bond acceptors (Lipinski definition) is 2. The van der Waals surface area contributed by atoms with E-state index in [0.29, 0.717) is 23.2 Å². The molecule has 4 heteroatoms. The fourth-order valence-corrected chi connectivity index (χ4v) is 2.27. The topological polar surface area (TPSA) is 41.1 Å². The molecule has 1 atom stereocenters. The van der Waals surface area contributed by atoms with Crippen molar-refractivity contribution in [3.63, 3.8) is 0 Å². The fraction of sp³-hybridized carbons (Fsp3) is 0.462. The largest absolute Gasteiger partial charge is 0.325 e. The van der Waals surface area contributed by atoms with E-state index in [1.54, 1.807) is 6.07 Å². The molecule has 0 spiro atoms. The van der Waals surface area contributed by atoms with Gasteiger partial charge in [-0.25, -0.2) is 0 Å². The summed E-state index contributed by atoms with van der Waals surface area (Å²) < 4.78 is 0. The average molecular weight is 253 g/mol. The highest BCUT2D eigenvalue weighted by atomic mass is 35.5. The van der Waals surface area contributed by atoms with Crippen molar-refractivity contribution in [1.29, 1.82) is 0 Å². The minimum atomic E-state index is 0.0341. The summed E-state index contributed by atoms with van der Waals surface area (Å²) in [7, 11) is 0. The quantitative estimate of drug-likeness (QED) is 0.865. The summed E-state index contributed by atoms with van der Waals surface area (Å²) in [5, 5.41) is 6.80. The lowest BCUT2D eigenvalue weighted by Gasteiger charge is -2.10. The standard InChI is InChI=1S/C13H17ClN2O/c14-11-5-1-2-6-12(11)16-13(17)8-7-10-4-3-9-15-10/h1-2,5-6,10,15H,3-4,7-9H2,(H,16,17). The van der Waals surface area contributed by atoms with Crippen molar-refractivity contribution in [1.82, 2.24) is 5.32 Å². The second kappa shape index (κ2) is 6.03. The molecule has 0 radical (unpaired) electrons. The van der Waals surface area contributed by atoms with Crippen LogP contribution in [0.1, 0.15) is 25.7 Å². The fourth-order valence-electron chi connectivity index (χ4n) is 2.08. The Labute approximate surface area is 107 Å². The Kier molecular flexibility index (Phi) is 4.40. The first-order valence-corrected chi connectivity index (χ1v) is 6.41. The van der Waals surface area contributed by atoms with Crippen LogP contribution < -0.4 is 10.6 Å². The van der Waals surface area contributed by atoms with Gasteiger partial charge in [0.25, 0.3) is 0 Å². The van der Waals surface area contributed by atoms with Gasteiger partial charge in [-0.2, -0.15) is 0 Å². The third kappa shape index (κ3) is 3.72. The molecule has 0 saturated carbocycles. The van der Waals surface area contributed by atoms with Crippen molar-refractivity contribution < 1.29 is 4.79 Å². The molecule has 0 bridgehead atoms. The van der Waals surface area contributed by atoms with E-state index in [1.165, 1.54) is 12.8 Å². The maximum Gasteiger partial charge on any atom is 0.224 e. The highest BCUT2D eigenvalue weighted by Gasteiger charge is 2.15. The number of anilines is 1. The second-order valence-corrected chi connectivity index (χ2v) is 4.77. The predicted octanol–water partition coefficient (Wildman–Crippen LogP) is 2.81. The zero-order chi connectivity index (χ0) is 12.1. The minimum Gasteiger partial charge on any atom is -0.325 e. The molecule has 3 nitrogen and oxygen atoms in total. The van der Waals surface area contributed by atoms with Crippen LogP contribution in [-0.2, 0) is 4.79 Å². The van der Waals surface area contributed by atoms with E-state index < -0.39 is 0 Å². The van der Waals surface area contributed by atoms with Gasteiger partial charge in [0.2, 0.25) is 5.91 Å². The molecular weight excluding hydrogens is 236 g/mol. The normalized spacial score (nSPS) is 19.2. The number of amides is 1. The molecule has 2 N–H and O–H groups in total. The second-order valence-electron chi connectivity index (χ2n) is 4.36. The van der Waals surface area contributed by atoms with Crippen molar-refractivity contribution in [2.75, 3.05) is 11.9 Å². The van der Waals surface area contributed by atoms with E-state index in [0.717, 1.165) is 13.0 Å². The third-order valence-corrected chi connectivity index (χ3v) is 3.36. The number of nitrogens with one attached hydrogen (secondary N) is 2. The number of benzene rings is 1. The third-order valence-electron chi connectivity index (χ3n) is 3.03. The molecule has 1 unspecified atom stereocenters. The zero-order valence-corrected chi connectivity index (χ0v) is 10.5. The van der Waals surface area contributed by atoms with E-state index >= 15 is 0 Å². The summed E-state index contributed by atoms with van der Waals surface area (Å²) in [6, 6.07) is 7.80. The number of hydrogen-bond donors (Lipinski definition) is 2. The summed E-state index contributed by atoms with van der Waals surface area (Å²) in [4.78, 5) is 11.7. The number of rotatable bonds is 4. The number of carbonyl (C=O) groups excluding carboxylic acids is 1. The number of halogens is 1. The van der Waals surface area contributed by atoms with Gasteiger partial charge in [-0.15, -0.1) is 0 Å². The van der Waals surface area contributed by atoms with Gasteiger partial charge in [0.15, 0.2) is 0 Å². The molecule has 17 heavy (non-hydrogen) atoms. The van der Waals surface area contributed by atoms with Crippen LogP contribution in [0.5, 0.6) is 0 Å². The number of para-hydroxylation sites is 1. The van der Waals surface area contributed by atoms with Gasteiger partial charge in [-0.3, -0.25) is 4.79 Å². The highest BCUT2D eigenvalue weighted by Crippen LogP contribution is 2.21. The molecule has 0 aliphatic carbocycles. The van der Waals surface area contributed by atoms with E-state index in [1.807, 2.05) is 18.2 Å². The Morgan fingerprint density at radius 1 is 1.47 bits per heavy atom. The maximum atomic E-state index is 11.7. The van der Waals surface area contributed by atoms with E-state index in [4.69, 9.17) is 11.6 Å². The van der Waals surface area contributed by atoms with Gasteiger partial charge >= 0.3 is 0 Å². The van der Waals surface area contributed by atoms with Crippen LogP contribution in [0.15, 0.2) is 24.3 Å². The van der Waals surface area contributed by atoms with Gasteiger partial charge < -0.3 is 10.6 Å². The monoisotopic (exact) mass is 252 g/mol. The zero-order valence-electron chi connectivity index (χ0n) is 9.71. The molecule has 1 saturated heterocycles. The molecule has 2 rings (SSSR count). The van der Waals surface area contributed by atoms with Gasteiger partial charge in [-0.1, -0.05) is 23.7 Å². The Bertz CT molecular complexity index is 389. The molecule has 92 valence electrons. The van der Waals surface area contributed by atoms with Gasteiger partial charge in [0, 0.05) is 12.5 Å². The van der Waals surface area contributed by atoms with Crippen LogP contribution in [0.25, 0.3) is 0 Å². The lowest BCUT2D eigenvalue weighted by molar-refractivity contribution is -0.116. The molecule has 0 aromatic heterocycles. The Balaban J connectivity index is 1.79. The summed E-state index contributed by atoms with van der Waals surface area (Å²) in [6.07, 6.45) is 3.84. The van der Waals surface area contributed by atoms with Crippen LogP contribution in [0.4, 0.5) is 5.69 Å². The van der Waals surface area contributed by atoms with E-state index in [-0.39, 0.29) is 5.91 Å². The molecule has 1 fully saturated rings. The average Bonchev–Trinajstić information content (AvgIpc) is 2.82. The summed E-state index contributed by atoms with van der Waals surface area (Å²) in [6.45, 7) is 1.08. The first-order chi connectivity index (χ1) is 8.25. The summed E-state index contributed by atoms with van der Waals surface area (Å²) >= 11 is 5.97. The van der Waals surface area contributed by atoms with Crippen molar-refractivity contribution >= 4 is 23.2 Å². The highest BCUT2D eigenvalue weighted by molar-refractivity contribution is 6.33. The Morgan fingerprint density at radius 2 is 2.29 bits per heavy atom. The van der Waals surface area contributed by atoms with E-state index in [9.17, 15) is 4.79 Å². The molecule has 1 aromatic rings. The lowest BCUT2D eigenvalue weighted by Crippen LogP contribution is -2.23. The van der Waals surface area contributed by atoms with Gasteiger partial charge in [-0.05, 0) is 37.9 Å². The van der Waals surface area contributed by atoms with E-state index in [2.05, 4.69) is 10.6 Å². The molecule has 1 aromatic carbocycles. The number of carbonyl (C=O) groups is 1. The van der Waals surface area contributed by atoms with Crippen molar-refractivity contribution in [2.24, 2.45) is 0 Å². The minimum absolute atomic E-state index is 0.0341. The SMILES string of the molecule is O=C(CCC1CCCN1)Nc1ccccc1Cl. The van der Waals surface area contributed by atoms with Crippen molar-refractivity contribution in [2.45, 2.75) is 31.7 Å². The van der Waals surface area contributed by atoms with Crippen molar-refractivity contribution in [3.05, 3.63) is 29.3 Å². The van der Waals surface area contributed by atoms with Crippen LogP contribution in [0.2, 0.25) is 5.02 Å². The van der Waals surface area contributed by atoms with Crippen LogP contribution in [0.3, 0.4) is 0 Å². The van der Waals surface area contributed by atoms with Crippen LogP contribution in [-0.4, -0.2) is 18.5 Å². The predicted molar refractivity (Wildman–Crippen MR) is 70.3 cm³/mol. The van der Waals surface area contributed by atoms with Crippen LogP contribution >= 0.6 is 11.6 Å². The molecule has 1 aliphatic heterocycles. The summed E-state index contributed by atoms with van der Waals surface area (Å²) in [5.74, 6) is 0.0341. The van der Waals surface area contributed by atoms with Crippen LogP contribution in [0, 0.1) is 0 Å². The van der Waals surface area contributed by atoms with Gasteiger partial charge in [0.1, 0.15) is 0 Å². The smallest absolute Gasteiger partial charge is 0.224 e. The first-order valence-electron chi connectivity index (χ1n) is 6.03. The first kappa shape index (κ1) is 12.4. The van der Waals surface area contributed by atoms with Crippen molar-refractivity contribution in [3.8, 4) is 0 Å². The van der Waals surface area contributed by atoms with Gasteiger partial charge in [0.05, 0.1) is 10.7 Å². The Morgan fingerprint density at radius 3 is 3.00 bits per heavy atom. The Hall–Kier alpha value is -1.06. The molecule has 1 heterocycles. The maximum absolute atomic E-state index is 11.7. The molecule has 1 amide bonds.